The largest absolute Gasteiger partial charge is 0.351 e. The molecule has 1 aliphatic rings. The van der Waals surface area contributed by atoms with E-state index in [0.717, 1.165) is 33.4 Å². The van der Waals surface area contributed by atoms with Crippen molar-refractivity contribution in [2.45, 2.75) is 19.9 Å². The Morgan fingerprint density at radius 3 is 2.38 bits per heavy atom. The van der Waals surface area contributed by atoms with E-state index in [9.17, 15) is 9.59 Å². The fourth-order valence-electron chi connectivity index (χ4n) is 6.51. The molecule has 10 nitrogen and oxygen atoms in total. The van der Waals surface area contributed by atoms with Crippen LogP contribution >= 0.6 is 23.2 Å². The van der Waals surface area contributed by atoms with Crippen molar-refractivity contribution >= 4 is 57.5 Å². The van der Waals surface area contributed by atoms with E-state index in [2.05, 4.69) is 37.0 Å². The van der Waals surface area contributed by atoms with Gasteiger partial charge in [0.2, 0.25) is 0 Å². The summed E-state index contributed by atoms with van der Waals surface area (Å²) in [5, 5.41) is 8.05. The van der Waals surface area contributed by atoms with Gasteiger partial charge in [-0.3, -0.25) is 4.79 Å². The zero-order valence-electron chi connectivity index (χ0n) is 27.7. The Morgan fingerprint density at radius 1 is 0.900 bits per heavy atom. The zero-order valence-corrected chi connectivity index (χ0v) is 29.2. The average Bonchev–Trinajstić information content (AvgIpc) is 3.74. The van der Waals surface area contributed by atoms with Gasteiger partial charge in [-0.05, 0) is 55.8 Å². The van der Waals surface area contributed by atoms with Crippen molar-refractivity contribution in [1.82, 2.24) is 29.7 Å². The van der Waals surface area contributed by atoms with Gasteiger partial charge in [-0.25, -0.2) is 14.8 Å². The van der Waals surface area contributed by atoms with E-state index in [1.54, 1.807) is 17.2 Å². The van der Waals surface area contributed by atoms with Crippen LogP contribution in [0.3, 0.4) is 0 Å². The van der Waals surface area contributed by atoms with E-state index >= 15 is 0 Å². The quantitative estimate of drug-likeness (QED) is 0.148. The van der Waals surface area contributed by atoms with Crippen molar-refractivity contribution in [3.05, 3.63) is 119 Å². The number of halogens is 2. The molecule has 3 aromatic carbocycles. The summed E-state index contributed by atoms with van der Waals surface area (Å²) in [7, 11) is 0. The summed E-state index contributed by atoms with van der Waals surface area (Å²) in [6.07, 6.45) is 3.54. The van der Waals surface area contributed by atoms with E-state index < -0.39 is 0 Å². The molecule has 0 saturated carbocycles. The molecule has 1 unspecified atom stereocenters. The van der Waals surface area contributed by atoms with E-state index in [1.807, 2.05) is 92.1 Å². The van der Waals surface area contributed by atoms with Crippen LogP contribution in [0.4, 0.5) is 16.3 Å². The number of H-pyrrole nitrogens is 1. The number of carbonyl (C=O) groups is 2. The Labute approximate surface area is 300 Å². The highest BCUT2D eigenvalue weighted by Gasteiger charge is 2.29. The smallest absolute Gasteiger partial charge is 0.317 e. The number of piperazine rings is 1. The maximum absolute atomic E-state index is 14.5. The standard InChI is InChI=1S/C38H36Cl2N8O2/c1-3-41-38(50)47-20-18-46(19-21-47)36-30(10-7-17-42-36)45-37(49)34-32(29-16-15-28(40)22-31(29)44-34)35-33(26-8-5-4-6-9-26)43-23-48(35)24(2)25-11-13-27(39)14-12-25/h4-17,22-24,44H,3,18-21H2,1-2H3,(H,41,50)(H,45,49). The van der Waals surface area contributed by atoms with Gasteiger partial charge < -0.3 is 30.0 Å². The number of nitrogens with one attached hydrogen (secondary N) is 3. The third-order valence-electron chi connectivity index (χ3n) is 9.06. The number of aromatic amines is 1. The molecule has 254 valence electrons. The molecule has 1 aliphatic heterocycles. The summed E-state index contributed by atoms with van der Waals surface area (Å²) < 4.78 is 2.10. The van der Waals surface area contributed by atoms with Crippen molar-refractivity contribution in [2.24, 2.45) is 0 Å². The lowest BCUT2D eigenvalue weighted by atomic mass is 9.99. The number of fused-ring (bicyclic) bond motifs is 1. The molecule has 7 rings (SSSR count). The highest BCUT2D eigenvalue weighted by Crippen LogP contribution is 2.41. The molecular weight excluding hydrogens is 671 g/mol. The number of urea groups is 1. The SMILES string of the molecule is CCNC(=O)N1CCN(c2ncccc2NC(=O)c2[nH]c3cc(Cl)ccc3c2-c2c(-c3ccccc3)ncn2C(C)c2ccc(Cl)cc2)CC1. The molecule has 0 aliphatic carbocycles. The lowest BCUT2D eigenvalue weighted by Gasteiger charge is -2.36. The average molecular weight is 708 g/mol. The van der Waals surface area contributed by atoms with Crippen LogP contribution in [-0.2, 0) is 0 Å². The lowest BCUT2D eigenvalue weighted by Crippen LogP contribution is -2.52. The Kier molecular flexibility index (Phi) is 9.47. The Balaban J connectivity index is 1.31. The van der Waals surface area contributed by atoms with Crippen LogP contribution in [0.5, 0.6) is 0 Å². The summed E-state index contributed by atoms with van der Waals surface area (Å²) in [6.45, 7) is 6.82. The minimum atomic E-state index is -0.339. The highest BCUT2D eigenvalue weighted by atomic mass is 35.5. The van der Waals surface area contributed by atoms with Crippen LogP contribution in [0.25, 0.3) is 33.4 Å². The number of carbonyl (C=O) groups excluding carboxylic acids is 2. The van der Waals surface area contributed by atoms with Gasteiger partial charge in [0.1, 0.15) is 5.69 Å². The van der Waals surface area contributed by atoms with Crippen molar-refractivity contribution in [2.75, 3.05) is 42.9 Å². The highest BCUT2D eigenvalue weighted by molar-refractivity contribution is 6.31. The second-order valence-corrected chi connectivity index (χ2v) is 13.0. The van der Waals surface area contributed by atoms with Gasteiger partial charge in [-0.1, -0.05) is 71.7 Å². The summed E-state index contributed by atoms with van der Waals surface area (Å²) in [6, 6.07) is 26.7. The second kappa shape index (κ2) is 14.3. The van der Waals surface area contributed by atoms with Gasteiger partial charge in [-0.15, -0.1) is 0 Å². The first-order chi connectivity index (χ1) is 24.3. The maximum Gasteiger partial charge on any atom is 0.317 e. The molecule has 3 amide bonds. The van der Waals surface area contributed by atoms with Crippen LogP contribution in [0, 0.1) is 0 Å². The van der Waals surface area contributed by atoms with Gasteiger partial charge in [0.15, 0.2) is 5.82 Å². The third-order valence-corrected chi connectivity index (χ3v) is 9.55. The number of amides is 3. The van der Waals surface area contributed by atoms with Gasteiger partial charge in [0, 0.05) is 71.0 Å². The Morgan fingerprint density at radius 2 is 1.64 bits per heavy atom. The number of benzene rings is 3. The first kappa shape index (κ1) is 33.2. The molecule has 3 aromatic heterocycles. The fraction of sp³-hybridized carbons (Fsp3) is 0.211. The van der Waals surface area contributed by atoms with E-state index in [1.165, 1.54) is 0 Å². The van der Waals surface area contributed by atoms with Gasteiger partial charge in [0.25, 0.3) is 5.91 Å². The van der Waals surface area contributed by atoms with Crippen LogP contribution < -0.4 is 15.5 Å². The normalized spacial score (nSPS) is 13.8. The number of imidazole rings is 1. The van der Waals surface area contributed by atoms with Gasteiger partial charge in [0.05, 0.1) is 29.4 Å². The second-order valence-electron chi connectivity index (χ2n) is 12.1. The Hall–Kier alpha value is -5.32. The minimum absolute atomic E-state index is 0.0763. The molecule has 0 radical (unpaired) electrons. The summed E-state index contributed by atoms with van der Waals surface area (Å²) in [5.41, 5.74) is 5.82. The number of anilines is 2. The van der Waals surface area contributed by atoms with Crippen LogP contribution in [0.2, 0.25) is 10.0 Å². The number of rotatable bonds is 8. The van der Waals surface area contributed by atoms with Crippen LogP contribution in [-0.4, -0.2) is 69.1 Å². The van der Waals surface area contributed by atoms with Gasteiger partial charge >= 0.3 is 6.03 Å². The molecule has 50 heavy (non-hydrogen) atoms. The van der Waals surface area contributed by atoms with E-state index in [4.69, 9.17) is 28.2 Å². The molecule has 1 fully saturated rings. The zero-order chi connectivity index (χ0) is 34.8. The molecule has 3 N–H and O–H groups in total. The molecule has 0 spiro atoms. The van der Waals surface area contributed by atoms with Crippen molar-refractivity contribution in [3.8, 4) is 22.5 Å². The molecular formula is C38H36Cl2N8O2. The molecule has 1 atom stereocenters. The molecule has 12 heteroatoms. The number of nitrogens with zero attached hydrogens (tertiary/aromatic N) is 5. The summed E-state index contributed by atoms with van der Waals surface area (Å²) >= 11 is 12.7. The van der Waals surface area contributed by atoms with Crippen molar-refractivity contribution < 1.29 is 9.59 Å². The molecule has 0 bridgehead atoms. The summed E-state index contributed by atoms with van der Waals surface area (Å²) in [4.78, 5) is 43.8. The molecule has 1 saturated heterocycles. The minimum Gasteiger partial charge on any atom is -0.351 e. The fourth-order valence-corrected chi connectivity index (χ4v) is 6.81. The van der Waals surface area contributed by atoms with Crippen LogP contribution in [0.1, 0.15) is 35.9 Å². The predicted molar refractivity (Wildman–Crippen MR) is 200 cm³/mol. The van der Waals surface area contributed by atoms with Crippen molar-refractivity contribution in [3.63, 3.8) is 0 Å². The van der Waals surface area contributed by atoms with Crippen molar-refractivity contribution in [1.29, 1.82) is 0 Å². The molecule has 6 aromatic rings. The van der Waals surface area contributed by atoms with E-state index in [0.29, 0.717) is 65.5 Å². The van der Waals surface area contributed by atoms with Gasteiger partial charge in [-0.2, -0.15) is 0 Å². The number of hydrogen-bond donors (Lipinski definition) is 3. The number of hydrogen-bond acceptors (Lipinski definition) is 5. The topological polar surface area (TPSA) is 111 Å². The maximum atomic E-state index is 14.5. The monoisotopic (exact) mass is 706 g/mol. The third kappa shape index (κ3) is 6.51. The first-order valence-corrected chi connectivity index (χ1v) is 17.3. The summed E-state index contributed by atoms with van der Waals surface area (Å²) in [5.74, 6) is 0.303. The lowest BCUT2D eigenvalue weighted by molar-refractivity contribution is 0.102. The number of aromatic nitrogens is 4. The van der Waals surface area contributed by atoms with E-state index in [-0.39, 0.29) is 18.0 Å². The first-order valence-electron chi connectivity index (χ1n) is 16.6. The van der Waals surface area contributed by atoms with Crippen LogP contribution in [0.15, 0.2) is 97.5 Å². The number of pyridine rings is 1. The Bertz CT molecular complexity index is 2160. The predicted octanol–water partition coefficient (Wildman–Crippen LogP) is 8.11. The molecule has 4 heterocycles.